The van der Waals surface area contributed by atoms with Crippen LogP contribution in [0.15, 0.2) is 24.3 Å². The predicted molar refractivity (Wildman–Crippen MR) is 84.7 cm³/mol. The molecule has 1 aromatic carbocycles. The van der Waals surface area contributed by atoms with Gasteiger partial charge in [-0.25, -0.2) is 0 Å². The van der Waals surface area contributed by atoms with Gasteiger partial charge < -0.3 is 15.0 Å². The average Bonchev–Trinajstić information content (AvgIpc) is 2.45. The second kappa shape index (κ2) is 7.08. The lowest BCUT2D eigenvalue weighted by Gasteiger charge is -2.13. The van der Waals surface area contributed by atoms with Crippen LogP contribution < -0.4 is 15.0 Å². The Morgan fingerprint density at radius 3 is 2.48 bits per heavy atom. The lowest BCUT2D eigenvalue weighted by Crippen LogP contribution is -2.08. The molecule has 0 bridgehead atoms. The summed E-state index contributed by atoms with van der Waals surface area (Å²) in [6, 6.07) is 8.11. The number of hydrogen-bond donors (Lipinski definition) is 1. The largest absolute Gasteiger partial charge is 0.463 e. The Morgan fingerprint density at radius 2 is 1.86 bits per heavy atom. The van der Waals surface area contributed by atoms with Crippen LogP contribution in [0, 0.1) is 0 Å². The summed E-state index contributed by atoms with van der Waals surface area (Å²) < 4.78 is 5.37. The van der Waals surface area contributed by atoms with E-state index in [9.17, 15) is 0 Å². The molecule has 2 aromatic rings. The minimum absolute atomic E-state index is 0.100. The number of halogens is 1. The SMILES string of the molecule is CCCOc1nc(Cl)nc(Nc2ccc(N(C)C)cc2)n1. The van der Waals surface area contributed by atoms with Crippen LogP contribution in [0.25, 0.3) is 0 Å². The minimum atomic E-state index is 0.100. The smallest absolute Gasteiger partial charge is 0.322 e. The predicted octanol–water partition coefficient (Wildman–Crippen LogP) is 3.12. The third-order valence-corrected chi connectivity index (χ3v) is 2.83. The van der Waals surface area contributed by atoms with Crippen LogP contribution >= 0.6 is 11.6 Å². The number of nitrogens with zero attached hydrogens (tertiary/aromatic N) is 4. The van der Waals surface area contributed by atoms with Crippen molar-refractivity contribution in [3.63, 3.8) is 0 Å². The number of hydrogen-bond acceptors (Lipinski definition) is 6. The molecule has 7 heteroatoms. The number of anilines is 3. The Hall–Kier alpha value is -2.08. The topological polar surface area (TPSA) is 63.2 Å². The number of rotatable bonds is 6. The van der Waals surface area contributed by atoms with Crippen molar-refractivity contribution in [2.45, 2.75) is 13.3 Å². The third-order valence-electron chi connectivity index (χ3n) is 2.66. The number of nitrogens with one attached hydrogen (secondary N) is 1. The molecule has 1 N–H and O–H groups in total. The molecule has 0 atom stereocenters. The van der Waals surface area contributed by atoms with Gasteiger partial charge in [0, 0.05) is 25.5 Å². The molecule has 0 radical (unpaired) electrons. The van der Waals surface area contributed by atoms with Crippen LogP contribution in [0.1, 0.15) is 13.3 Å². The van der Waals surface area contributed by atoms with Gasteiger partial charge in [0.1, 0.15) is 0 Å². The summed E-state index contributed by atoms with van der Waals surface area (Å²) in [5.74, 6) is 0.360. The zero-order valence-corrected chi connectivity index (χ0v) is 13.1. The highest BCUT2D eigenvalue weighted by atomic mass is 35.5. The zero-order valence-electron chi connectivity index (χ0n) is 12.3. The number of benzene rings is 1. The Labute approximate surface area is 129 Å². The van der Waals surface area contributed by atoms with Crippen molar-refractivity contribution in [3.8, 4) is 6.01 Å². The van der Waals surface area contributed by atoms with Crippen molar-refractivity contribution in [3.05, 3.63) is 29.5 Å². The summed E-state index contributed by atoms with van der Waals surface area (Å²) in [5.41, 5.74) is 1.98. The summed E-state index contributed by atoms with van der Waals surface area (Å²) in [7, 11) is 3.98. The van der Waals surface area contributed by atoms with Gasteiger partial charge in [-0.3, -0.25) is 0 Å². The van der Waals surface area contributed by atoms with Crippen molar-refractivity contribution in [1.29, 1.82) is 0 Å². The van der Waals surface area contributed by atoms with E-state index >= 15 is 0 Å². The standard InChI is InChI=1S/C14H18ClN5O/c1-4-9-21-14-18-12(15)17-13(19-14)16-10-5-7-11(8-6-10)20(2)3/h5-8H,4,9H2,1-3H3,(H,16,17,18,19). The van der Waals surface area contributed by atoms with Crippen LogP contribution in [0.3, 0.4) is 0 Å². The molecule has 0 fully saturated rings. The van der Waals surface area contributed by atoms with E-state index in [-0.39, 0.29) is 11.3 Å². The highest BCUT2D eigenvalue weighted by molar-refractivity contribution is 6.28. The minimum Gasteiger partial charge on any atom is -0.463 e. The average molecular weight is 308 g/mol. The van der Waals surface area contributed by atoms with E-state index in [2.05, 4.69) is 20.3 Å². The van der Waals surface area contributed by atoms with Gasteiger partial charge in [-0.1, -0.05) is 6.92 Å². The normalized spacial score (nSPS) is 10.3. The summed E-state index contributed by atoms with van der Waals surface area (Å²) in [6.07, 6.45) is 0.873. The molecular formula is C14H18ClN5O. The van der Waals surface area contributed by atoms with Gasteiger partial charge in [-0.15, -0.1) is 0 Å². The van der Waals surface area contributed by atoms with E-state index in [1.165, 1.54) is 0 Å². The van der Waals surface area contributed by atoms with E-state index in [4.69, 9.17) is 16.3 Å². The molecule has 0 unspecified atom stereocenters. The number of aromatic nitrogens is 3. The monoisotopic (exact) mass is 307 g/mol. The summed E-state index contributed by atoms with van der Waals surface area (Å²) in [5, 5.41) is 3.18. The molecule has 0 aliphatic heterocycles. The van der Waals surface area contributed by atoms with Crippen LogP contribution in [-0.4, -0.2) is 35.7 Å². The molecule has 0 amide bonds. The van der Waals surface area contributed by atoms with Crippen LogP contribution in [-0.2, 0) is 0 Å². The highest BCUT2D eigenvalue weighted by Crippen LogP contribution is 2.20. The van der Waals surface area contributed by atoms with Gasteiger partial charge in [0.25, 0.3) is 0 Å². The summed E-state index contributed by atoms with van der Waals surface area (Å²) in [4.78, 5) is 14.2. The van der Waals surface area contributed by atoms with E-state index < -0.39 is 0 Å². The Balaban J connectivity index is 2.12. The lowest BCUT2D eigenvalue weighted by molar-refractivity contribution is 0.292. The Morgan fingerprint density at radius 1 is 1.14 bits per heavy atom. The van der Waals surface area contributed by atoms with Gasteiger partial charge in [0.05, 0.1) is 6.61 Å². The summed E-state index contributed by atoms with van der Waals surface area (Å²) in [6.45, 7) is 2.55. The van der Waals surface area contributed by atoms with Crippen LogP contribution in [0.4, 0.5) is 17.3 Å². The molecular weight excluding hydrogens is 290 g/mol. The molecule has 112 valence electrons. The maximum absolute atomic E-state index is 5.87. The molecule has 1 aromatic heterocycles. The lowest BCUT2D eigenvalue weighted by atomic mass is 10.2. The van der Waals surface area contributed by atoms with Crippen molar-refractivity contribution >= 4 is 28.9 Å². The zero-order chi connectivity index (χ0) is 15.2. The first-order valence-corrected chi connectivity index (χ1v) is 7.05. The molecule has 0 aliphatic rings. The molecule has 2 rings (SSSR count). The van der Waals surface area contributed by atoms with E-state index in [0.717, 1.165) is 17.8 Å². The van der Waals surface area contributed by atoms with Gasteiger partial charge >= 0.3 is 6.01 Å². The van der Waals surface area contributed by atoms with Gasteiger partial charge in [0.2, 0.25) is 11.2 Å². The third kappa shape index (κ3) is 4.46. The fourth-order valence-electron chi connectivity index (χ4n) is 1.62. The fourth-order valence-corrected chi connectivity index (χ4v) is 1.77. The first kappa shape index (κ1) is 15.3. The Kier molecular flexibility index (Phi) is 5.16. The van der Waals surface area contributed by atoms with Gasteiger partial charge in [-0.05, 0) is 42.3 Å². The van der Waals surface area contributed by atoms with E-state index in [0.29, 0.717) is 12.6 Å². The molecule has 0 saturated carbocycles. The molecule has 0 spiro atoms. The first-order valence-electron chi connectivity index (χ1n) is 6.67. The van der Waals surface area contributed by atoms with E-state index in [1.54, 1.807) is 0 Å². The molecule has 6 nitrogen and oxygen atoms in total. The molecule has 21 heavy (non-hydrogen) atoms. The van der Waals surface area contributed by atoms with Crippen LogP contribution in [0.2, 0.25) is 5.28 Å². The molecule has 0 saturated heterocycles. The second-order valence-corrected chi connectivity index (χ2v) is 4.96. The maximum atomic E-state index is 5.87. The van der Waals surface area contributed by atoms with Crippen molar-refractivity contribution in [2.75, 3.05) is 30.9 Å². The highest BCUT2D eigenvalue weighted by Gasteiger charge is 2.06. The van der Waals surface area contributed by atoms with Crippen molar-refractivity contribution in [1.82, 2.24) is 15.0 Å². The molecule has 0 aliphatic carbocycles. The fraction of sp³-hybridized carbons (Fsp3) is 0.357. The Bertz CT molecular complexity index is 588. The maximum Gasteiger partial charge on any atom is 0.322 e. The van der Waals surface area contributed by atoms with Crippen molar-refractivity contribution < 1.29 is 4.74 Å². The van der Waals surface area contributed by atoms with Gasteiger partial charge in [0.15, 0.2) is 0 Å². The van der Waals surface area contributed by atoms with E-state index in [1.807, 2.05) is 50.2 Å². The number of ether oxygens (including phenoxy) is 1. The van der Waals surface area contributed by atoms with Gasteiger partial charge in [-0.2, -0.15) is 15.0 Å². The van der Waals surface area contributed by atoms with Crippen molar-refractivity contribution in [2.24, 2.45) is 0 Å². The quantitative estimate of drug-likeness (QED) is 0.884. The second-order valence-electron chi connectivity index (χ2n) is 4.63. The first-order chi connectivity index (χ1) is 10.1. The summed E-state index contributed by atoms with van der Waals surface area (Å²) >= 11 is 5.87. The van der Waals surface area contributed by atoms with Crippen LogP contribution in [0.5, 0.6) is 6.01 Å². The molecule has 1 heterocycles.